The van der Waals surface area contributed by atoms with Crippen LogP contribution in [0.5, 0.6) is 5.75 Å². The fraction of sp³-hybridized carbons (Fsp3) is 0.491. The summed E-state index contributed by atoms with van der Waals surface area (Å²) in [6.45, 7) is 4.02. The van der Waals surface area contributed by atoms with E-state index in [4.69, 9.17) is 9.47 Å². The minimum atomic E-state index is -0.822. The Hall–Kier alpha value is -4.76. The van der Waals surface area contributed by atoms with Crippen molar-refractivity contribution in [3.63, 3.8) is 0 Å². The van der Waals surface area contributed by atoms with E-state index in [2.05, 4.69) is 83.6 Å². The molecule has 2 saturated carbocycles. The third kappa shape index (κ3) is 7.95. The second-order valence-corrected chi connectivity index (χ2v) is 19.6. The predicted octanol–water partition coefficient (Wildman–Crippen LogP) is 10.4. The van der Waals surface area contributed by atoms with Gasteiger partial charge in [-0.25, -0.2) is 9.59 Å². The Morgan fingerprint density at radius 3 is 2.56 bits per heavy atom. The van der Waals surface area contributed by atoms with Crippen molar-refractivity contribution >= 4 is 17.5 Å². The summed E-state index contributed by atoms with van der Waals surface area (Å²) >= 11 is 0. The SMILES string of the molecule is CC[C@H](/C=C1\OC(=O)C2=C(c3cc(O)ccc3-c3cccc(CNC4CCCCC4)c3)[C@@H]3CC[C@@]21[C@H]1C2=C(CC[C@@H]31)C(=CCC[C@@H]1CCN[C@@H](NC)C1)OC2=O)Cc1ccccc1. The number of phenolic OH excluding ortho intramolecular Hbond substituents is 1. The van der Waals surface area contributed by atoms with Crippen LogP contribution in [0.4, 0.5) is 0 Å². The topological polar surface area (TPSA) is 109 Å². The number of carbonyl (C=O) groups is 2. The zero-order valence-electron chi connectivity index (χ0n) is 37.2. The molecule has 0 aromatic heterocycles. The van der Waals surface area contributed by atoms with E-state index < -0.39 is 5.41 Å². The molecule has 0 amide bonds. The van der Waals surface area contributed by atoms with Crippen molar-refractivity contribution in [2.75, 3.05) is 13.6 Å². The number of allylic oxidation sites excluding steroid dienone is 5. The molecule has 7 atom stereocenters. The molecule has 8 nitrogen and oxygen atoms in total. The normalized spacial score (nSPS) is 29.8. The smallest absolute Gasteiger partial charge is 0.340 e. The fourth-order valence-electron chi connectivity index (χ4n) is 13.0. The Bertz CT molecular complexity index is 2360. The van der Waals surface area contributed by atoms with Crippen LogP contribution in [0.3, 0.4) is 0 Å². The summed E-state index contributed by atoms with van der Waals surface area (Å²) in [6, 6.07) is 25.5. The quantitative estimate of drug-likeness (QED) is 0.126. The standard InChI is InChI=1S/C55H65N3O5/c1-3-34(28-35-12-6-4-7-13-35)30-47-55-26-24-42(43-22-23-44-46(62-53(60)50(44)51(43)55)19-11-14-36-25-27-57-48(31-36)56-2)49(52(55)54(61)63-47)45-32-40(59)20-21-41(45)38-16-10-15-37(29-38)33-58-39-17-8-5-9-18-39/h4,6-7,10,12-13,15-16,19-21,29-30,32,34,36,39,42-43,48,51,56-59H,3,5,8-9,11,14,17-18,22-28,31,33H2,1-2H3/b46-19?,47-30-/t34-,36+,42+,43-,48+,51+,55+/m0/s1. The van der Waals surface area contributed by atoms with E-state index in [0.29, 0.717) is 29.5 Å². The third-order valence-corrected chi connectivity index (χ3v) is 16.1. The molecule has 11 rings (SSSR count). The number of hydrogen-bond donors (Lipinski definition) is 4. The number of fused-ring (bicyclic) bond motifs is 1. The molecular weight excluding hydrogens is 783 g/mol. The highest BCUT2D eigenvalue weighted by atomic mass is 16.5. The molecular formula is C55H65N3O5. The molecule has 330 valence electrons. The number of ether oxygens (including phenoxy) is 2. The number of aromatic hydroxyl groups is 1. The molecule has 3 aromatic carbocycles. The van der Waals surface area contributed by atoms with Gasteiger partial charge in [-0.3, -0.25) is 0 Å². The van der Waals surface area contributed by atoms with Crippen LogP contribution in [0.15, 0.2) is 113 Å². The monoisotopic (exact) mass is 847 g/mol. The number of carbonyl (C=O) groups excluding carboxylic acids is 2. The molecule has 4 fully saturated rings. The lowest BCUT2D eigenvalue weighted by atomic mass is 9.44. The van der Waals surface area contributed by atoms with E-state index in [0.717, 1.165) is 116 Å². The second kappa shape index (κ2) is 18.0. The van der Waals surface area contributed by atoms with Crippen molar-refractivity contribution in [2.45, 2.75) is 122 Å². The van der Waals surface area contributed by atoms with Crippen LogP contribution < -0.4 is 16.0 Å². The van der Waals surface area contributed by atoms with E-state index in [1.165, 1.54) is 43.2 Å². The number of rotatable bonds is 13. The van der Waals surface area contributed by atoms with Gasteiger partial charge in [-0.15, -0.1) is 0 Å². The highest BCUT2D eigenvalue weighted by molar-refractivity contribution is 6.07. The summed E-state index contributed by atoms with van der Waals surface area (Å²) in [6.07, 6.45) is 20.2. The molecule has 2 bridgehead atoms. The first-order valence-electron chi connectivity index (χ1n) is 24.3. The molecule has 3 heterocycles. The Labute approximate surface area is 373 Å². The first-order chi connectivity index (χ1) is 30.8. The van der Waals surface area contributed by atoms with Crippen LogP contribution in [-0.2, 0) is 32.0 Å². The lowest BCUT2D eigenvalue weighted by Gasteiger charge is -2.56. The Balaban J connectivity index is 1.07. The number of nitrogens with one attached hydrogen (secondary N) is 3. The van der Waals surface area contributed by atoms with Crippen molar-refractivity contribution in [2.24, 2.45) is 35.0 Å². The van der Waals surface area contributed by atoms with E-state index in [1.807, 2.05) is 25.2 Å². The highest BCUT2D eigenvalue weighted by Gasteiger charge is 2.68. The van der Waals surface area contributed by atoms with E-state index in [-0.39, 0.29) is 41.4 Å². The molecule has 3 aromatic rings. The zero-order chi connectivity index (χ0) is 43.1. The molecule has 8 aliphatic rings. The van der Waals surface area contributed by atoms with Crippen LogP contribution in [-0.4, -0.2) is 42.8 Å². The zero-order valence-corrected chi connectivity index (χ0v) is 37.2. The number of phenols is 1. The van der Waals surface area contributed by atoms with Crippen LogP contribution in [0, 0.1) is 35.0 Å². The Morgan fingerprint density at radius 1 is 0.889 bits per heavy atom. The molecule has 8 heteroatoms. The summed E-state index contributed by atoms with van der Waals surface area (Å²) in [5, 5.41) is 22.0. The van der Waals surface area contributed by atoms with Crippen molar-refractivity contribution in [3.05, 3.63) is 130 Å². The summed E-state index contributed by atoms with van der Waals surface area (Å²) in [4.78, 5) is 29.4. The number of hydrogen-bond acceptors (Lipinski definition) is 8. The van der Waals surface area contributed by atoms with Gasteiger partial charge in [0.25, 0.3) is 0 Å². The molecule has 1 spiro atoms. The van der Waals surface area contributed by atoms with Crippen LogP contribution in [0.2, 0.25) is 0 Å². The van der Waals surface area contributed by atoms with Crippen molar-refractivity contribution in [1.29, 1.82) is 0 Å². The molecule has 0 unspecified atom stereocenters. The maximum atomic E-state index is 14.9. The van der Waals surface area contributed by atoms with Gasteiger partial charge in [0.05, 0.1) is 17.2 Å². The van der Waals surface area contributed by atoms with Crippen molar-refractivity contribution in [1.82, 2.24) is 16.0 Å². The van der Waals surface area contributed by atoms with Gasteiger partial charge in [-0.05, 0) is 178 Å². The number of benzene rings is 3. The highest BCUT2D eigenvalue weighted by Crippen LogP contribution is 2.72. The first kappa shape index (κ1) is 42.2. The van der Waals surface area contributed by atoms with E-state index in [9.17, 15) is 14.7 Å². The molecule has 5 aliphatic carbocycles. The van der Waals surface area contributed by atoms with Crippen LogP contribution in [0.25, 0.3) is 16.7 Å². The maximum absolute atomic E-state index is 14.9. The molecule has 3 aliphatic heterocycles. The maximum Gasteiger partial charge on any atom is 0.340 e. The number of cyclic esters (lactones) is 2. The predicted molar refractivity (Wildman–Crippen MR) is 248 cm³/mol. The molecule has 63 heavy (non-hydrogen) atoms. The summed E-state index contributed by atoms with van der Waals surface area (Å²) in [5.74, 6) is 1.67. The van der Waals surface area contributed by atoms with Gasteiger partial charge in [0.15, 0.2) is 0 Å². The van der Waals surface area contributed by atoms with Gasteiger partial charge >= 0.3 is 11.9 Å². The fourth-order valence-corrected chi connectivity index (χ4v) is 13.0. The lowest BCUT2D eigenvalue weighted by molar-refractivity contribution is -0.135. The van der Waals surface area contributed by atoms with Crippen molar-refractivity contribution < 1.29 is 24.2 Å². The van der Waals surface area contributed by atoms with E-state index in [1.54, 1.807) is 6.07 Å². The largest absolute Gasteiger partial charge is 0.508 e. The second-order valence-electron chi connectivity index (χ2n) is 19.6. The van der Waals surface area contributed by atoms with Crippen LogP contribution in [0.1, 0.15) is 114 Å². The first-order valence-corrected chi connectivity index (χ1v) is 24.3. The molecule has 2 saturated heterocycles. The van der Waals surface area contributed by atoms with Gasteiger partial charge in [-0.2, -0.15) is 0 Å². The molecule has 4 N–H and O–H groups in total. The minimum absolute atomic E-state index is 0.0108. The summed E-state index contributed by atoms with van der Waals surface area (Å²) < 4.78 is 12.9. The number of piperidine rings is 1. The van der Waals surface area contributed by atoms with Gasteiger partial charge in [0.2, 0.25) is 0 Å². The Morgan fingerprint density at radius 2 is 1.73 bits per heavy atom. The lowest BCUT2D eigenvalue weighted by Crippen LogP contribution is -2.52. The van der Waals surface area contributed by atoms with E-state index >= 15 is 0 Å². The van der Waals surface area contributed by atoms with Crippen LogP contribution >= 0.6 is 0 Å². The number of esters is 2. The minimum Gasteiger partial charge on any atom is -0.508 e. The summed E-state index contributed by atoms with van der Waals surface area (Å²) in [5.41, 5.74) is 8.10. The average molecular weight is 848 g/mol. The Kier molecular flexibility index (Phi) is 12.1. The average Bonchev–Trinajstić information content (AvgIpc) is 3.80. The van der Waals surface area contributed by atoms with Crippen molar-refractivity contribution in [3.8, 4) is 16.9 Å². The van der Waals surface area contributed by atoms with Gasteiger partial charge in [0.1, 0.15) is 17.3 Å². The van der Waals surface area contributed by atoms with Gasteiger partial charge in [0, 0.05) is 29.7 Å². The molecule has 0 radical (unpaired) electrons. The summed E-state index contributed by atoms with van der Waals surface area (Å²) in [7, 11) is 2.01. The third-order valence-electron chi connectivity index (χ3n) is 16.1. The van der Waals surface area contributed by atoms with Gasteiger partial charge < -0.3 is 30.5 Å². The van der Waals surface area contributed by atoms with Gasteiger partial charge in [-0.1, -0.05) is 80.8 Å².